The number of aromatic amines is 1. The van der Waals surface area contributed by atoms with Gasteiger partial charge in [-0.1, -0.05) is 0 Å². The Morgan fingerprint density at radius 1 is 1.55 bits per heavy atom. The minimum atomic E-state index is 0.474. The third-order valence-corrected chi connectivity index (χ3v) is 1.61. The maximum Gasteiger partial charge on any atom is 0.181 e. The number of aromatic nitrogens is 3. The summed E-state index contributed by atoms with van der Waals surface area (Å²) in [6, 6.07) is 3.82. The molecule has 0 fully saturated rings. The third-order valence-electron chi connectivity index (χ3n) is 1.61. The first kappa shape index (κ1) is 6.40. The number of nitrogens with one attached hydrogen (secondary N) is 1. The van der Waals surface area contributed by atoms with Crippen molar-refractivity contribution in [2.75, 3.05) is 0 Å². The number of rotatable bonds is 1. The average molecular weight is 143 g/mol. The van der Waals surface area contributed by atoms with E-state index < -0.39 is 0 Å². The minimum absolute atomic E-state index is 0.474. The Morgan fingerprint density at radius 3 is 3.27 bits per heavy atom. The summed E-state index contributed by atoms with van der Waals surface area (Å²) < 4.78 is 0. The highest BCUT2D eigenvalue weighted by Gasteiger charge is 2.00. The van der Waals surface area contributed by atoms with Crippen molar-refractivity contribution < 1.29 is 0 Å². The lowest BCUT2D eigenvalue weighted by Gasteiger charge is -1.88. The van der Waals surface area contributed by atoms with E-state index in [1.807, 2.05) is 12.1 Å². The van der Waals surface area contributed by atoms with Crippen molar-refractivity contribution in [3.05, 3.63) is 24.0 Å². The molecule has 2 aromatic heterocycles. The average Bonchev–Trinajstić information content (AvgIpc) is 2.47. The minimum Gasteiger partial charge on any atom is -0.281 e. The van der Waals surface area contributed by atoms with Crippen LogP contribution in [0, 0.1) is 0 Å². The van der Waals surface area contributed by atoms with Gasteiger partial charge in [0.1, 0.15) is 0 Å². The standard InChI is InChI=1S/C7H6BN3/c8-4-6-5-2-1-3-9-7(5)11-10-6/h1-3H,4H2,(H,9,10,11). The molecule has 2 heterocycles. The maximum absolute atomic E-state index is 5.46. The highest BCUT2D eigenvalue weighted by atomic mass is 15.1. The lowest BCUT2D eigenvalue weighted by molar-refractivity contribution is 1.04. The number of fused-ring (bicyclic) bond motifs is 1. The molecule has 0 amide bonds. The zero-order valence-corrected chi connectivity index (χ0v) is 5.91. The Morgan fingerprint density at radius 2 is 2.45 bits per heavy atom. The van der Waals surface area contributed by atoms with Crippen molar-refractivity contribution in [3.8, 4) is 0 Å². The van der Waals surface area contributed by atoms with Gasteiger partial charge in [-0.15, -0.1) is 0 Å². The molecule has 2 radical (unpaired) electrons. The van der Waals surface area contributed by atoms with E-state index in [1.165, 1.54) is 0 Å². The summed E-state index contributed by atoms with van der Waals surface area (Å²) in [5.74, 6) is 0. The van der Waals surface area contributed by atoms with Crippen LogP contribution in [0.4, 0.5) is 0 Å². The lowest BCUT2D eigenvalue weighted by Crippen LogP contribution is -1.83. The molecule has 0 aliphatic carbocycles. The van der Waals surface area contributed by atoms with Gasteiger partial charge in [-0.25, -0.2) is 4.98 Å². The number of nitrogens with zero attached hydrogens (tertiary/aromatic N) is 2. The SMILES string of the molecule is [B]Cc1[nH]nc2ncccc12. The topological polar surface area (TPSA) is 41.6 Å². The van der Waals surface area contributed by atoms with Gasteiger partial charge in [-0.3, -0.25) is 5.10 Å². The molecule has 0 atom stereocenters. The molecule has 52 valence electrons. The molecule has 0 spiro atoms. The van der Waals surface area contributed by atoms with Crippen molar-refractivity contribution in [2.45, 2.75) is 6.32 Å². The molecular weight excluding hydrogens is 137 g/mol. The smallest absolute Gasteiger partial charge is 0.181 e. The molecule has 0 saturated heterocycles. The maximum atomic E-state index is 5.46. The fourth-order valence-corrected chi connectivity index (χ4v) is 1.06. The number of hydrogen-bond donors (Lipinski definition) is 1. The van der Waals surface area contributed by atoms with Gasteiger partial charge in [0.25, 0.3) is 0 Å². The largest absolute Gasteiger partial charge is 0.281 e. The van der Waals surface area contributed by atoms with Gasteiger partial charge in [0.15, 0.2) is 5.65 Å². The van der Waals surface area contributed by atoms with Crippen LogP contribution < -0.4 is 0 Å². The Balaban J connectivity index is 2.76. The molecular formula is C7H6BN3. The van der Waals surface area contributed by atoms with E-state index in [9.17, 15) is 0 Å². The van der Waals surface area contributed by atoms with Gasteiger partial charge in [0.05, 0.1) is 7.85 Å². The van der Waals surface area contributed by atoms with Crippen LogP contribution in [0.15, 0.2) is 18.3 Å². The van der Waals surface area contributed by atoms with E-state index in [0.717, 1.165) is 16.7 Å². The predicted octanol–water partition coefficient (Wildman–Crippen LogP) is 0.626. The van der Waals surface area contributed by atoms with Crippen LogP contribution in [0.2, 0.25) is 0 Å². The molecule has 3 nitrogen and oxygen atoms in total. The zero-order chi connectivity index (χ0) is 7.68. The van der Waals surface area contributed by atoms with Crippen molar-refractivity contribution >= 4 is 18.9 Å². The zero-order valence-electron chi connectivity index (χ0n) is 5.91. The molecule has 2 aromatic rings. The van der Waals surface area contributed by atoms with Crippen LogP contribution in [0.5, 0.6) is 0 Å². The normalized spacial score (nSPS) is 10.5. The van der Waals surface area contributed by atoms with Gasteiger partial charge >= 0.3 is 0 Å². The molecule has 2 rings (SSSR count). The molecule has 1 N–H and O–H groups in total. The van der Waals surface area contributed by atoms with Crippen LogP contribution in [-0.2, 0) is 6.32 Å². The molecule has 0 aliphatic heterocycles. The van der Waals surface area contributed by atoms with Gasteiger partial charge in [-0.2, -0.15) is 5.10 Å². The van der Waals surface area contributed by atoms with Crippen molar-refractivity contribution in [1.29, 1.82) is 0 Å². The second-order valence-electron chi connectivity index (χ2n) is 2.28. The molecule has 0 aliphatic rings. The van der Waals surface area contributed by atoms with E-state index in [0.29, 0.717) is 6.32 Å². The van der Waals surface area contributed by atoms with Gasteiger partial charge in [-0.05, 0) is 18.5 Å². The van der Waals surface area contributed by atoms with Gasteiger partial charge < -0.3 is 0 Å². The number of H-pyrrole nitrogens is 1. The van der Waals surface area contributed by atoms with E-state index in [1.54, 1.807) is 6.20 Å². The summed E-state index contributed by atoms with van der Waals surface area (Å²) >= 11 is 0. The van der Waals surface area contributed by atoms with E-state index in [2.05, 4.69) is 15.2 Å². The first-order valence-corrected chi connectivity index (χ1v) is 3.40. The predicted molar refractivity (Wildman–Crippen MR) is 43.3 cm³/mol. The monoisotopic (exact) mass is 143 g/mol. The fraction of sp³-hybridized carbons (Fsp3) is 0.143. The van der Waals surface area contributed by atoms with E-state index in [4.69, 9.17) is 7.85 Å². The van der Waals surface area contributed by atoms with E-state index in [-0.39, 0.29) is 0 Å². The number of pyridine rings is 1. The Labute approximate surface area is 65.2 Å². The molecule has 4 heteroatoms. The summed E-state index contributed by atoms with van der Waals surface area (Å²) in [7, 11) is 5.46. The summed E-state index contributed by atoms with van der Waals surface area (Å²) in [6.07, 6.45) is 2.19. The first-order chi connectivity index (χ1) is 5.42. The van der Waals surface area contributed by atoms with Crippen LogP contribution in [0.3, 0.4) is 0 Å². The summed E-state index contributed by atoms with van der Waals surface area (Å²) in [5, 5.41) is 7.81. The van der Waals surface area contributed by atoms with Crippen molar-refractivity contribution in [3.63, 3.8) is 0 Å². The highest BCUT2D eigenvalue weighted by molar-refractivity contribution is 6.09. The molecule has 0 bridgehead atoms. The quantitative estimate of drug-likeness (QED) is 0.594. The summed E-state index contributed by atoms with van der Waals surface area (Å²) in [6.45, 7) is 0. The second-order valence-corrected chi connectivity index (χ2v) is 2.28. The summed E-state index contributed by atoms with van der Waals surface area (Å²) in [5.41, 5.74) is 1.67. The van der Waals surface area contributed by atoms with Crippen LogP contribution in [0.25, 0.3) is 11.0 Å². The third kappa shape index (κ3) is 0.907. The molecule has 11 heavy (non-hydrogen) atoms. The molecule has 0 aromatic carbocycles. The Bertz CT molecular complexity index is 368. The highest BCUT2D eigenvalue weighted by Crippen LogP contribution is 2.11. The van der Waals surface area contributed by atoms with Crippen LogP contribution in [-0.4, -0.2) is 23.0 Å². The Kier molecular flexibility index (Phi) is 1.38. The fourth-order valence-electron chi connectivity index (χ4n) is 1.06. The molecule has 0 saturated carbocycles. The van der Waals surface area contributed by atoms with E-state index >= 15 is 0 Å². The van der Waals surface area contributed by atoms with Crippen LogP contribution >= 0.6 is 0 Å². The van der Waals surface area contributed by atoms with Crippen LogP contribution in [0.1, 0.15) is 5.69 Å². The van der Waals surface area contributed by atoms with Gasteiger partial charge in [0.2, 0.25) is 0 Å². The van der Waals surface area contributed by atoms with Gasteiger partial charge in [0, 0.05) is 17.3 Å². The number of hydrogen-bond acceptors (Lipinski definition) is 2. The Hall–Kier alpha value is -1.32. The lowest BCUT2D eigenvalue weighted by atomic mass is 10.0. The van der Waals surface area contributed by atoms with Crippen molar-refractivity contribution in [2.24, 2.45) is 0 Å². The van der Waals surface area contributed by atoms with Crippen molar-refractivity contribution in [1.82, 2.24) is 15.2 Å². The summed E-state index contributed by atoms with van der Waals surface area (Å²) in [4.78, 5) is 4.05. The molecule has 0 unspecified atom stereocenters. The first-order valence-electron chi connectivity index (χ1n) is 3.40. The second kappa shape index (κ2) is 2.38.